The highest BCUT2D eigenvalue weighted by Crippen LogP contribution is 2.15. The van der Waals surface area contributed by atoms with Crippen molar-refractivity contribution in [3.05, 3.63) is 69.2 Å². The topological polar surface area (TPSA) is 114 Å². The molecule has 0 atom stereocenters. The molecule has 0 aliphatic heterocycles. The van der Waals surface area contributed by atoms with Crippen LogP contribution >= 0.6 is 11.6 Å². The van der Waals surface area contributed by atoms with E-state index in [1.807, 2.05) is 0 Å². The lowest BCUT2D eigenvalue weighted by atomic mass is 10.2. The zero-order valence-electron chi connectivity index (χ0n) is 12.8. The Morgan fingerprint density at radius 2 is 1.92 bits per heavy atom. The molecule has 2 aromatic carbocycles. The van der Waals surface area contributed by atoms with E-state index in [4.69, 9.17) is 11.6 Å². The zero-order valence-corrected chi connectivity index (χ0v) is 13.6. The summed E-state index contributed by atoms with van der Waals surface area (Å²) in [5, 5.41) is 17.5. The van der Waals surface area contributed by atoms with Crippen molar-refractivity contribution < 1.29 is 14.5 Å². The van der Waals surface area contributed by atoms with Gasteiger partial charge in [0.2, 0.25) is 11.8 Å². The smallest absolute Gasteiger partial charge is 0.278 e. The Morgan fingerprint density at radius 3 is 2.64 bits per heavy atom. The maximum Gasteiger partial charge on any atom is 0.278 e. The molecule has 0 heterocycles. The van der Waals surface area contributed by atoms with E-state index in [0.717, 1.165) is 6.21 Å². The molecule has 128 valence electrons. The molecule has 2 rings (SSSR count). The van der Waals surface area contributed by atoms with Gasteiger partial charge in [-0.2, -0.15) is 5.10 Å². The molecule has 8 nitrogen and oxygen atoms in total. The first-order valence-corrected chi connectivity index (χ1v) is 7.44. The van der Waals surface area contributed by atoms with E-state index in [1.165, 1.54) is 18.2 Å². The van der Waals surface area contributed by atoms with Crippen molar-refractivity contribution in [1.82, 2.24) is 5.43 Å². The highest BCUT2D eigenvalue weighted by Gasteiger charge is 2.11. The monoisotopic (exact) mass is 360 g/mol. The molecule has 0 fully saturated rings. The SMILES string of the molecule is O=C(CC(=O)Nc1cccc(Cl)c1)NN=Cc1ccccc1[N+](=O)[O-]. The number of carbonyl (C=O) groups is 2. The van der Waals surface area contributed by atoms with Crippen LogP contribution < -0.4 is 10.7 Å². The Morgan fingerprint density at radius 1 is 1.16 bits per heavy atom. The number of amides is 2. The molecule has 0 aliphatic carbocycles. The number of hydrogen-bond donors (Lipinski definition) is 2. The number of anilines is 1. The van der Waals surface area contributed by atoms with Gasteiger partial charge in [0.15, 0.2) is 0 Å². The normalized spacial score (nSPS) is 10.4. The Bertz CT molecular complexity index is 838. The second-order valence-electron chi connectivity index (χ2n) is 4.84. The van der Waals surface area contributed by atoms with Gasteiger partial charge in [0.05, 0.1) is 16.7 Å². The summed E-state index contributed by atoms with van der Waals surface area (Å²) < 4.78 is 0. The fourth-order valence-corrected chi connectivity index (χ4v) is 2.08. The average Bonchev–Trinajstić information content (AvgIpc) is 2.55. The Kier molecular flexibility index (Phi) is 6.19. The Balaban J connectivity index is 1.88. The molecule has 0 saturated heterocycles. The number of nitrogens with one attached hydrogen (secondary N) is 2. The molecule has 25 heavy (non-hydrogen) atoms. The van der Waals surface area contributed by atoms with Gasteiger partial charge in [0.1, 0.15) is 6.42 Å². The summed E-state index contributed by atoms with van der Waals surface area (Å²) in [5.74, 6) is -1.20. The van der Waals surface area contributed by atoms with E-state index in [0.29, 0.717) is 10.7 Å². The standard InChI is InChI=1S/C16H13ClN4O4/c17-12-5-3-6-13(8-12)19-15(22)9-16(23)20-18-10-11-4-1-2-7-14(11)21(24)25/h1-8,10H,9H2,(H,19,22)(H,20,23). The number of hydrazone groups is 1. The van der Waals surface area contributed by atoms with Gasteiger partial charge in [-0.05, 0) is 24.3 Å². The van der Waals surface area contributed by atoms with Crippen molar-refractivity contribution in [1.29, 1.82) is 0 Å². The maximum absolute atomic E-state index is 11.8. The quantitative estimate of drug-likeness (QED) is 0.357. The average molecular weight is 361 g/mol. The molecule has 2 aromatic rings. The minimum Gasteiger partial charge on any atom is -0.326 e. The summed E-state index contributed by atoms with van der Waals surface area (Å²) in [6, 6.07) is 12.4. The van der Waals surface area contributed by atoms with Crippen LogP contribution in [0.3, 0.4) is 0 Å². The molecule has 9 heteroatoms. The van der Waals surface area contributed by atoms with Gasteiger partial charge in [-0.1, -0.05) is 29.8 Å². The van der Waals surface area contributed by atoms with Crippen LogP contribution in [0, 0.1) is 10.1 Å². The first-order chi connectivity index (χ1) is 12.0. The molecule has 0 saturated carbocycles. The van der Waals surface area contributed by atoms with Crippen molar-refractivity contribution in [2.24, 2.45) is 5.10 Å². The second kappa shape index (κ2) is 8.55. The number of carbonyl (C=O) groups excluding carboxylic acids is 2. The van der Waals surface area contributed by atoms with Crippen LogP contribution in [0.1, 0.15) is 12.0 Å². The van der Waals surface area contributed by atoms with Crippen LogP contribution in [-0.4, -0.2) is 23.0 Å². The molecule has 0 radical (unpaired) electrons. The third-order valence-corrected chi connectivity index (χ3v) is 3.19. The summed E-state index contributed by atoms with van der Waals surface area (Å²) in [6.07, 6.45) is 0.686. The number of benzene rings is 2. The van der Waals surface area contributed by atoms with E-state index in [9.17, 15) is 19.7 Å². The third-order valence-electron chi connectivity index (χ3n) is 2.96. The number of rotatable bonds is 6. The Labute approximate surface area is 147 Å². The zero-order chi connectivity index (χ0) is 18.2. The van der Waals surface area contributed by atoms with E-state index in [2.05, 4.69) is 15.8 Å². The van der Waals surface area contributed by atoms with Gasteiger partial charge in [0.25, 0.3) is 5.69 Å². The lowest BCUT2D eigenvalue weighted by molar-refractivity contribution is -0.385. The third kappa shape index (κ3) is 5.70. The van der Waals surface area contributed by atoms with Gasteiger partial charge in [0, 0.05) is 16.8 Å². The van der Waals surface area contributed by atoms with Crippen LogP contribution in [0.25, 0.3) is 0 Å². The highest BCUT2D eigenvalue weighted by atomic mass is 35.5. The number of nitrogens with zero attached hydrogens (tertiary/aromatic N) is 2. The number of nitro groups is 1. The van der Waals surface area contributed by atoms with Crippen LogP contribution in [0.15, 0.2) is 53.6 Å². The molecule has 0 aliphatic rings. The molecular weight excluding hydrogens is 348 g/mol. The van der Waals surface area contributed by atoms with Crippen LogP contribution in [0.5, 0.6) is 0 Å². The van der Waals surface area contributed by atoms with Crippen LogP contribution in [0.2, 0.25) is 5.02 Å². The van der Waals surface area contributed by atoms with Crippen LogP contribution in [0.4, 0.5) is 11.4 Å². The summed E-state index contributed by atoms with van der Waals surface area (Å²) in [6.45, 7) is 0. The van der Waals surface area contributed by atoms with E-state index in [1.54, 1.807) is 30.3 Å². The summed E-state index contributed by atoms with van der Waals surface area (Å²) in [4.78, 5) is 33.7. The molecule has 0 spiro atoms. The predicted molar refractivity (Wildman–Crippen MR) is 93.5 cm³/mol. The fourth-order valence-electron chi connectivity index (χ4n) is 1.89. The van der Waals surface area contributed by atoms with Gasteiger partial charge in [-0.25, -0.2) is 5.43 Å². The molecule has 2 N–H and O–H groups in total. The summed E-state index contributed by atoms with van der Waals surface area (Å²) in [5.41, 5.74) is 2.71. The molecule has 0 unspecified atom stereocenters. The lowest BCUT2D eigenvalue weighted by Crippen LogP contribution is -2.24. The molecule has 0 aromatic heterocycles. The second-order valence-corrected chi connectivity index (χ2v) is 5.28. The maximum atomic E-state index is 11.8. The van der Waals surface area contributed by atoms with Crippen molar-refractivity contribution in [2.75, 3.05) is 5.32 Å². The van der Waals surface area contributed by atoms with Crippen molar-refractivity contribution in [2.45, 2.75) is 6.42 Å². The molecule has 2 amide bonds. The molecular formula is C16H13ClN4O4. The summed E-state index contributed by atoms with van der Waals surface area (Å²) in [7, 11) is 0. The number of halogens is 1. The van der Waals surface area contributed by atoms with Gasteiger partial charge in [-0.3, -0.25) is 19.7 Å². The summed E-state index contributed by atoms with van der Waals surface area (Å²) >= 11 is 5.80. The fraction of sp³-hybridized carbons (Fsp3) is 0.0625. The van der Waals surface area contributed by atoms with E-state index < -0.39 is 23.2 Å². The first-order valence-electron chi connectivity index (χ1n) is 7.06. The largest absolute Gasteiger partial charge is 0.326 e. The number of para-hydroxylation sites is 1. The number of nitro benzene ring substituents is 1. The van der Waals surface area contributed by atoms with Gasteiger partial charge in [-0.15, -0.1) is 0 Å². The van der Waals surface area contributed by atoms with Crippen molar-refractivity contribution in [3.63, 3.8) is 0 Å². The van der Waals surface area contributed by atoms with Crippen LogP contribution in [-0.2, 0) is 9.59 Å². The van der Waals surface area contributed by atoms with Gasteiger partial charge < -0.3 is 5.32 Å². The first kappa shape index (κ1) is 18.1. The Hall–Kier alpha value is -3.26. The lowest BCUT2D eigenvalue weighted by Gasteiger charge is -2.04. The van der Waals surface area contributed by atoms with Crippen molar-refractivity contribution >= 4 is 41.0 Å². The minimum absolute atomic E-state index is 0.140. The van der Waals surface area contributed by atoms with E-state index in [-0.39, 0.29) is 11.3 Å². The minimum atomic E-state index is -0.658. The van der Waals surface area contributed by atoms with Gasteiger partial charge >= 0.3 is 0 Å². The van der Waals surface area contributed by atoms with Crippen molar-refractivity contribution in [3.8, 4) is 0 Å². The number of hydrogen-bond acceptors (Lipinski definition) is 5. The van der Waals surface area contributed by atoms with E-state index >= 15 is 0 Å². The highest BCUT2D eigenvalue weighted by molar-refractivity contribution is 6.30. The predicted octanol–water partition coefficient (Wildman–Crippen LogP) is 2.73. The molecule has 0 bridgehead atoms.